The molecule has 1 atom stereocenters. The summed E-state index contributed by atoms with van der Waals surface area (Å²) in [7, 11) is 0. The van der Waals surface area contributed by atoms with Gasteiger partial charge in [-0.2, -0.15) is 0 Å². The Morgan fingerprint density at radius 2 is 1.73 bits per heavy atom. The van der Waals surface area contributed by atoms with Gasteiger partial charge < -0.3 is 5.73 Å². The molecule has 6 heteroatoms. The first-order chi connectivity index (χ1) is 6.91. The van der Waals surface area contributed by atoms with Crippen LogP contribution in [0.3, 0.4) is 0 Å². The van der Waals surface area contributed by atoms with Gasteiger partial charge in [0.05, 0.1) is 5.69 Å². The third kappa shape index (κ3) is 4.07. The van der Waals surface area contributed by atoms with Gasteiger partial charge in [0.15, 0.2) is 0 Å². The lowest BCUT2D eigenvalue weighted by Crippen LogP contribution is -2.34. The number of aliphatic imine (C=N–C) groups is 1. The van der Waals surface area contributed by atoms with Gasteiger partial charge in [-0.15, -0.1) is 11.6 Å². The fourth-order valence-corrected chi connectivity index (χ4v) is 1.26. The van der Waals surface area contributed by atoms with Gasteiger partial charge in [0, 0.05) is 0 Å². The third-order valence-electron chi connectivity index (χ3n) is 1.56. The number of hydrogen-bond acceptors (Lipinski definition) is 1. The van der Waals surface area contributed by atoms with Crippen LogP contribution in [0.15, 0.2) is 35.3 Å². The van der Waals surface area contributed by atoms with Gasteiger partial charge in [-0.25, -0.2) is 4.99 Å². The van der Waals surface area contributed by atoms with Crippen molar-refractivity contribution in [2.75, 3.05) is 0 Å². The molecule has 0 heterocycles. The Balaban J connectivity index is 2.86. The fourth-order valence-electron chi connectivity index (χ4n) is 0.876. The summed E-state index contributed by atoms with van der Waals surface area (Å²) in [4.78, 5) is 4.03. The number of rotatable bonds is 2. The zero-order valence-electron chi connectivity index (χ0n) is 7.50. The minimum atomic E-state index is -1.66. The Morgan fingerprint density at radius 1 is 1.20 bits per heavy atom. The SMILES string of the molecule is NC(=Nc1ccccc1)C(Cl)C(Cl)(Cl)Cl. The van der Waals surface area contributed by atoms with Crippen LogP contribution in [-0.2, 0) is 0 Å². The van der Waals surface area contributed by atoms with Crippen LogP contribution in [0.1, 0.15) is 0 Å². The maximum atomic E-state index is 5.81. The minimum Gasteiger partial charge on any atom is -0.386 e. The Labute approximate surface area is 108 Å². The average molecular weight is 286 g/mol. The van der Waals surface area contributed by atoms with E-state index in [2.05, 4.69) is 4.99 Å². The number of halogens is 4. The summed E-state index contributed by atoms with van der Waals surface area (Å²) < 4.78 is -1.66. The number of para-hydroxylation sites is 1. The second-order valence-electron chi connectivity index (χ2n) is 2.78. The fraction of sp³-hybridized carbons (Fsp3) is 0.222. The molecular formula is C9H8Cl4N2. The summed E-state index contributed by atoms with van der Waals surface area (Å²) in [5.41, 5.74) is 6.26. The topological polar surface area (TPSA) is 38.4 Å². The summed E-state index contributed by atoms with van der Waals surface area (Å²) >= 11 is 22.6. The van der Waals surface area contributed by atoms with Crippen molar-refractivity contribution in [3.05, 3.63) is 30.3 Å². The standard InChI is InChI=1S/C9H8Cl4N2/c10-7(9(11,12)13)8(14)15-6-4-2-1-3-5-6/h1-5,7H,(H2,14,15). The summed E-state index contributed by atoms with van der Waals surface area (Å²) in [5.74, 6) is 0.0721. The first-order valence-electron chi connectivity index (χ1n) is 4.01. The molecule has 0 fully saturated rings. The molecule has 0 aliphatic rings. The molecule has 82 valence electrons. The lowest BCUT2D eigenvalue weighted by Gasteiger charge is -2.17. The molecule has 2 nitrogen and oxygen atoms in total. The van der Waals surface area contributed by atoms with Crippen LogP contribution < -0.4 is 5.73 Å². The lowest BCUT2D eigenvalue weighted by molar-refractivity contribution is 1.11. The van der Waals surface area contributed by atoms with Crippen molar-refractivity contribution < 1.29 is 0 Å². The first-order valence-corrected chi connectivity index (χ1v) is 5.58. The molecule has 0 saturated carbocycles. The van der Waals surface area contributed by atoms with E-state index in [9.17, 15) is 0 Å². The Kier molecular flexibility index (Phi) is 4.53. The highest BCUT2D eigenvalue weighted by molar-refractivity contribution is 6.71. The largest absolute Gasteiger partial charge is 0.386 e. The molecule has 1 unspecified atom stereocenters. The van der Waals surface area contributed by atoms with Crippen LogP contribution in [0, 0.1) is 0 Å². The molecule has 0 aromatic heterocycles. The van der Waals surface area contributed by atoms with Crippen molar-refractivity contribution in [3.63, 3.8) is 0 Å². The van der Waals surface area contributed by atoms with Crippen LogP contribution in [0.4, 0.5) is 5.69 Å². The van der Waals surface area contributed by atoms with E-state index in [-0.39, 0.29) is 5.84 Å². The molecule has 1 aromatic carbocycles. The van der Waals surface area contributed by atoms with Crippen LogP contribution in [0.5, 0.6) is 0 Å². The zero-order valence-corrected chi connectivity index (χ0v) is 10.5. The molecule has 0 saturated heterocycles. The molecule has 0 aliphatic carbocycles. The van der Waals surface area contributed by atoms with Crippen molar-refractivity contribution in [2.24, 2.45) is 10.7 Å². The third-order valence-corrected chi connectivity index (χ3v) is 3.10. The summed E-state index contributed by atoms with van der Waals surface area (Å²) in [6.45, 7) is 0. The monoisotopic (exact) mass is 284 g/mol. The molecule has 2 N–H and O–H groups in total. The second-order valence-corrected chi connectivity index (χ2v) is 5.58. The molecule has 0 aliphatic heterocycles. The number of alkyl halides is 4. The lowest BCUT2D eigenvalue weighted by atomic mass is 10.3. The minimum absolute atomic E-state index is 0.0721. The maximum Gasteiger partial charge on any atom is 0.213 e. The van der Waals surface area contributed by atoms with Crippen LogP contribution in [0.25, 0.3) is 0 Å². The number of nitrogens with zero attached hydrogens (tertiary/aromatic N) is 1. The van der Waals surface area contributed by atoms with Gasteiger partial charge >= 0.3 is 0 Å². The van der Waals surface area contributed by atoms with Crippen molar-refractivity contribution >= 4 is 57.9 Å². The molecular weight excluding hydrogens is 278 g/mol. The van der Waals surface area contributed by atoms with Gasteiger partial charge in [0.2, 0.25) is 3.79 Å². The Hall–Kier alpha value is -0.150. The highest BCUT2D eigenvalue weighted by atomic mass is 35.6. The van der Waals surface area contributed by atoms with E-state index in [0.29, 0.717) is 5.69 Å². The van der Waals surface area contributed by atoms with Gasteiger partial charge in [-0.05, 0) is 12.1 Å². The molecule has 1 rings (SSSR count). The van der Waals surface area contributed by atoms with Crippen molar-refractivity contribution in [1.82, 2.24) is 0 Å². The second kappa shape index (κ2) is 5.26. The van der Waals surface area contributed by atoms with E-state index >= 15 is 0 Å². The molecule has 0 bridgehead atoms. The van der Waals surface area contributed by atoms with E-state index in [4.69, 9.17) is 52.1 Å². The first kappa shape index (κ1) is 12.9. The van der Waals surface area contributed by atoms with Crippen molar-refractivity contribution in [2.45, 2.75) is 9.17 Å². The van der Waals surface area contributed by atoms with Gasteiger partial charge in [0.25, 0.3) is 0 Å². The molecule has 1 aromatic rings. The van der Waals surface area contributed by atoms with E-state index in [1.54, 1.807) is 12.1 Å². The van der Waals surface area contributed by atoms with Gasteiger partial charge in [-0.1, -0.05) is 53.0 Å². The Bertz CT molecular complexity index is 345. The molecule has 15 heavy (non-hydrogen) atoms. The number of hydrogen-bond donors (Lipinski definition) is 1. The summed E-state index contributed by atoms with van der Waals surface area (Å²) in [5, 5.41) is -0.956. The normalized spacial score (nSPS) is 15.1. The smallest absolute Gasteiger partial charge is 0.213 e. The van der Waals surface area contributed by atoms with E-state index in [1.807, 2.05) is 18.2 Å². The summed E-state index contributed by atoms with van der Waals surface area (Å²) in [6.07, 6.45) is 0. The number of nitrogens with two attached hydrogens (primary N) is 1. The maximum absolute atomic E-state index is 5.81. The van der Waals surface area contributed by atoms with Crippen molar-refractivity contribution in [1.29, 1.82) is 0 Å². The number of benzene rings is 1. The number of amidine groups is 1. The predicted molar refractivity (Wildman–Crippen MR) is 67.7 cm³/mol. The van der Waals surface area contributed by atoms with Gasteiger partial charge in [0.1, 0.15) is 11.2 Å². The van der Waals surface area contributed by atoms with Crippen LogP contribution >= 0.6 is 46.4 Å². The van der Waals surface area contributed by atoms with E-state index in [0.717, 1.165) is 0 Å². The van der Waals surface area contributed by atoms with Crippen LogP contribution in [-0.4, -0.2) is 15.0 Å². The zero-order chi connectivity index (χ0) is 11.5. The van der Waals surface area contributed by atoms with E-state index < -0.39 is 9.17 Å². The van der Waals surface area contributed by atoms with Gasteiger partial charge in [-0.3, -0.25) is 0 Å². The average Bonchev–Trinajstić information content (AvgIpc) is 2.16. The Morgan fingerprint density at radius 3 is 2.20 bits per heavy atom. The highest BCUT2D eigenvalue weighted by Crippen LogP contribution is 2.34. The quantitative estimate of drug-likeness (QED) is 0.503. The van der Waals surface area contributed by atoms with Crippen LogP contribution in [0.2, 0.25) is 0 Å². The van der Waals surface area contributed by atoms with E-state index in [1.165, 1.54) is 0 Å². The van der Waals surface area contributed by atoms with Crippen molar-refractivity contribution in [3.8, 4) is 0 Å². The highest BCUT2D eigenvalue weighted by Gasteiger charge is 2.33. The molecule has 0 radical (unpaired) electrons. The predicted octanol–water partition coefficient (Wildman–Crippen LogP) is 3.65. The summed E-state index contributed by atoms with van der Waals surface area (Å²) in [6, 6.07) is 9.06. The molecule has 0 amide bonds. The molecule has 0 spiro atoms.